The van der Waals surface area contributed by atoms with Crippen LogP contribution in [0.4, 0.5) is 19.0 Å². The Morgan fingerprint density at radius 1 is 1.08 bits per heavy atom. The van der Waals surface area contributed by atoms with Crippen LogP contribution in [0, 0.1) is 0 Å². The molecule has 0 unspecified atom stereocenters. The van der Waals surface area contributed by atoms with Crippen LogP contribution in [0.3, 0.4) is 0 Å². The molecule has 0 spiro atoms. The molecule has 2 heterocycles. The van der Waals surface area contributed by atoms with Crippen LogP contribution in [0.15, 0.2) is 42.7 Å². The number of hydrogen-bond donors (Lipinski definition) is 1. The first-order valence-corrected chi connectivity index (χ1v) is 8.43. The van der Waals surface area contributed by atoms with Gasteiger partial charge in [0.05, 0.1) is 0 Å². The van der Waals surface area contributed by atoms with E-state index in [1.54, 1.807) is 0 Å². The van der Waals surface area contributed by atoms with E-state index in [9.17, 15) is 13.2 Å². The van der Waals surface area contributed by atoms with Gasteiger partial charge in [-0.1, -0.05) is 30.3 Å². The van der Waals surface area contributed by atoms with Crippen molar-refractivity contribution >= 4 is 5.82 Å². The van der Waals surface area contributed by atoms with E-state index >= 15 is 0 Å². The summed E-state index contributed by atoms with van der Waals surface area (Å²) in [7, 11) is 0. The lowest BCUT2D eigenvalue weighted by Gasteiger charge is -2.32. The van der Waals surface area contributed by atoms with Gasteiger partial charge in [-0.05, 0) is 24.8 Å². The predicted octanol–water partition coefficient (Wildman–Crippen LogP) is 3.61. The van der Waals surface area contributed by atoms with Crippen LogP contribution in [0.25, 0.3) is 0 Å². The van der Waals surface area contributed by atoms with Gasteiger partial charge in [0.25, 0.3) is 0 Å². The largest absolute Gasteiger partial charge is 0.433 e. The molecule has 0 aliphatic carbocycles. The van der Waals surface area contributed by atoms with Gasteiger partial charge in [-0.25, -0.2) is 9.97 Å². The molecule has 1 aliphatic rings. The number of halogens is 3. The Morgan fingerprint density at radius 2 is 1.80 bits per heavy atom. The maximum atomic E-state index is 12.7. The molecule has 25 heavy (non-hydrogen) atoms. The molecule has 1 aliphatic heterocycles. The standard InChI is InChI=1S/C18H21F3N4/c19-18(20,21)16-12-17(23-13-22-16)24-15-7-10-25(11-8-15)9-6-14-4-2-1-3-5-14/h1-5,12-13,15H,6-11H2,(H,22,23,24). The molecule has 1 aromatic heterocycles. The molecular weight excluding hydrogens is 329 g/mol. The van der Waals surface area contributed by atoms with E-state index in [2.05, 4.69) is 32.3 Å². The summed E-state index contributed by atoms with van der Waals surface area (Å²) in [6, 6.07) is 11.5. The number of aromatic nitrogens is 2. The molecule has 0 bridgehead atoms. The first-order valence-electron chi connectivity index (χ1n) is 8.43. The van der Waals surface area contributed by atoms with E-state index in [1.807, 2.05) is 18.2 Å². The average molecular weight is 350 g/mol. The topological polar surface area (TPSA) is 41.0 Å². The van der Waals surface area contributed by atoms with Crippen molar-refractivity contribution in [2.45, 2.75) is 31.5 Å². The lowest BCUT2D eigenvalue weighted by Crippen LogP contribution is -2.40. The second-order valence-electron chi connectivity index (χ2n) is 6.28. The van der Waals surface area contributed by atoms with E-state index in [0.29, 0.717) is 0 Å². The average Bonchev–Trinajstić information content (AvgIpc) is 2.62. The number of benzene rings is 1. The third-order valence-electron chi connectivity index (χ3n) is 4.46. The van der Waals surface area contributed by atoms with Gasteiger partial charge in [0.1, 0.15) is 17.8 Å². The van der Waals surface area contributed by atoms with Gasteiger partial charge in [0, 0.05) is 31.7 Å². The van der Waals surface area contributed by atoms with Crippen molar-refractivity contribution in [2.24, 2.45) is 0 Å². The first-order chi connectivity index (χ1) is 12.0. The molecule has 0 atom stereocenters. The third-order valence-corrected chi connectivity index (χ3v) is 4.46. The van der Waals surface area contributed by atoms with Crippen LogP contribution in [0.5, 0.6) is 0 Å². The SMILES string of the molecule is FC(F)(F)c1cc(NC2CCN(CCc3ccccc3)CC2)ncn1. The Hall–Kier alpha value is -2.15. The smallest absolute Gasteiger partial charge is 0.367 e. The van der Waals surface area contributed by atoms with Gasteiger partial charge in [-0.15, -0.1) is 0 Å². The second kappa shape index (κ2) is 7.82. The van der Waals surface area contributed by atoms with Crippen molar-refractivity contribution in [1.82, 2.24) is 14.9 Å². The van der Waals surface area contributed by atoms with Crippen molar-refractivity contribution < 1.29 is 13.2 Å². The van der Waals surface area contributed by atoms with Crippen molar-refractivity contribution in [2.75, 3.05) is 25.0 Å². The highest BCUT2D eigenvalue weighted by Crippen LogP contribution is 2.28. The van der Waals surface area contributed by atoms with Crippen molar-refractivity contribution in [3.63, 3.8) is 0 Å². The van der Waals surface area contributed by atoms with Crippen LogP contribution < -0.4 is 5.32 Å². The van der Waals surface area contributed by atoms with Crippen molar-refractivity contribution in [3.05, 3.63) is 54.0 Å². The van der Waals surface area contributed by atoms with E-state index < -0.39 is 11.9 Å². The van der Waals surface area contributed by atoms with Gasteiger partial charge >= 0.3 is 6.18 Å². The minimum Gasteiger partial charge on any atom is -0.367 e. The van der Waals surface area contributed by atoms with E-state index in [0.717, 1.165) is 51.3 Å². The Bertz CT molecular complexity index is 668. The molecule has 0 amide bonds. The van der Waals surface area contributed by atoms with Gasteiger partial charge in [-0.2, -0.15) is 13.2 Å². The summed E-state index contributed by atoms with van der Waals surface area (Å²) in [5.41, 5.74) is 0.411. The molecule has 7 heteroatoms. The van der Waals surface area contributed by atoms with Gasteiger partial charge < -0.3 is 10.2 Å². The Kier molecular flexibility index (Phi) is 5.53. The number of anilines is 1. The summed E-state index contributed by atoms with van der Waals surface area (Å²) in [5, 5.41) is 3.11. The summed E-state index contributed by atoms with van der Waals surface area (Å²) >= 11 is 0. The summed E-state index contributed by atoms with van der Waals surface area (Å²) in [6.07, 6.45) is -0.694. The van der Waals surface area contributed by atoms with Crippen LogP contribution >= 0.6 is 0 Å². The number of piperidine rings is 1. The summed E-state index contributed by atoms with van der Waals surface area (Å²) < 4.78 is 38.1. The molecule has 2 aromatic rings. The highest BCUT2D eigenvalue weighted by Gasteiger charge is 2.33. The number of rotatable bonds is 5. The summed E-state index contributed by atoms with van der Waals surface area (Å²) in [5.74, 6) is 0.241. The highest BCUT2D eigenvalue weighted by atomic mass is 19.4. The maximum absolute atomic E-state index is 12.7. The summed E-state index contributed by atoms with van der Waals surface area (Å²) in [6.45, 7) is 2.87. The lowest BCUT2D eigenvalue weighted by atomic mass is 10.0. The van der Waals surface area contributed by atoms with E-state index in [4.69, 9.17) is 0 Å². The quantitative estimate of drug-likeness (QED) is 0.894. The number of hydrogen-bond acceptors (Lipinski definition) is 4. The fraction of sp³-hybridized carbons (Fsp3) is 0.444. The molecular formula is C18H21F3N4. The van der Waals surface area contributed by atoms with Gasteiger partial charge in [-0.3, -0.25) is 0 Å². The monoisotopic (exact) mass is 350 g/mol. The zero-order chi connectivity index (χ0) is 17.7. The van der Waals surface area contributed by atoms with E-state index in [-0.39, 0.29) is 11.9 Å². The maximum Gasteiger partial charge on any atom is 0.433 e. The zero-order valence-corrected chi connectivity index (χ0v) is 13.8. The van der Waals surface area contributed by atoms with Crippen molar-refractivity contribution in [3.8, 4) is 0 Å². The molecule has 0 radical (unpaired) electrons. The normalized spacial score (nSPS) is 16.8. The number of nitrogens with zero attached hydrogens (tertiary/aromatic N) is 3. The molecule has 1 aromatic carbocycles. The van der Waals surface area contributed by atoms with Gasteiger partial charge in [0.2, 0.25) is 0 Å². The van der Waals surface area contributed by atoms with Crippen LogP contribution in [-0.4, -0.2) is 40.5 Å². The minimum atomic E-state index is -4.44. The first kappa shape index (κ1) is 17.7. The van der Waals surface area contributed by atoms with Crippen molar-refractivity contribution in [1.29, 1.82) is 0 Å². The highest BCUT2D eigenvalue weighted by molar-refractivity contribution is 5.36. The molecule has 3 rings (SSSR count). The fourth-order valence-corrected chi connectivity index (χ4v) is 3.03. The Labute approximate surface area is 145 Å². The van der Waals surface area contributed by atoms with Gasteiger partial charge in [0.15, 0.2) is 0 Å². The number of nitrogens with one attached hydrogen (secondary N) is 1. The molecule has 134 valence electrons. The minimum absolute atomic E-state index is 0.143. The number of alkyl halides is 3. The zero-order valence-electron chi connectivity index (χ0n) is 13.8. The molecule has 4 nitrogen and oxygen atoms in total. The van der Waals surface area contributed by atoms with Crippen LogP contribution in [0.1, 0.15) is 24.1 Å². The lowest BCUT2D eigenvalue weighted by molar-refractivity contribution is -0.141. The second-order valence-corrected chi connectivity index (χ2v) is 6.28. The molecule has 1 N–H and O–H groups in total. The Morgan fingerprint density at radius 3 is 2.48 bits per heavy atom. The summed E-state index contributed by atoms with van der Waals surface area (Å²) in [4.78, 5) is 9.59. The molecule has 0 saturated carbocycles. The molecule has 1 fully saturated rings. The third kappa shape index (κ3) is 5.16. The Balaban J connectivity index is 1.46. The number of likely N-dealkylation sites (tertiary alicyclic amines) is 1. The van der Waals surface area contributed by atoms with Crippen LogP contribution in [0.2, 0.25) is 0 Å². The fourth-order valence-electron chi connectivity index (χ4n) is 3.03. The molecule has 1 saturated heterocycles. The predicted molar refractivity (Wildman–Crippen MR) is 90.3 cm³/mol. The van der Waals surface area contributed by atoms with E-state index in [1.165, 1.54) is 5.56 Å². The van der Waals surface area contributed by atoms with Crippen LogP contribution in [-0.2, 0) is 12.6 Å².